The van der Waals surface area contributed by atoms with Crippen LogP contribution in [0.4, 0.5) is 5.69 Å². The number of phenolic OH excluding ortho intramolecular Hbond substituents is 1. The van der Waals surface area contributed by atoms with Crippen LogP contribution in [-0.2, 0) is 4.79 Å². The Kier molecular flexibility index (Phi) is 4.78. The van der Waals surface area contributed by atoms with E-state index in [1.165, 1.54) is 7.11 Å². The minimum absolute atomic E-state index is 0.0101. The van der Waals surface area contributed by atoms with Crippen LogP contribution in [0.1, 0.15) is 11.6 Å². The molecule has 4 aromatic rings. The molecule has 1 amide bonds. The zero-order chi connectivity index (χ0) is 22.2. The molecule has 1 aliphatic rings. The lowest BCUT2D eigenvalue weighted by atomic mass is 10.1. The predicted octanol–water partition coefficient (Wildman–Crippen LogP) is 4.48. The number of para-hydroxylation sites is 2. The zero-order valence-corrected chi connectivity index (χ0v) is 17.6. The van der Waals surface area contributed by atoms with Crippen molar-refractivity contribution in [3.05, 3.63) is 78.4 Å². The first-order chi connectivity index (χ1) is 15.6. The molecule has 0 radical (unpaired) electrons. The van der Waals surface area contributed by atoms with Crippen molar-refractivity contribution >= 4 is 11.6 Å². The standard InChI is InChI=1S/C25H21N3O4/c1-31-16-12-10-15(11-13-16)20-14-21(18-7-5-9-22(32-2)24(18)29)28(27-20)23-17-6-3-4-8-19(17)26-25(23)30/h3-14,23,29H,1-2H3,(H,26,30)/t23-/m1/s1. The van der Waals surface area contributed by atoms with Crippen molar-refractivity contribution in [3.8, 4) is 39.8 Å². The molecule has 1 atom stereocenters. The van der Waals surface area contributed by atoms with Gasteiger partial charge in [0.1, 0.15) is 5.75 Å². The molecule has 5 rings (SSSR count). The number of phenols is 1. The van der Waals surface area contributed by atoms with Gasteiger partial charge in [-0.1, -0.05) is 24.3 Å². The van der Waals surface area contributed by atoms with Gasteiger partial charge in [0.2, 0.25) is 0 Å². The summed E-state index contributed by atoms with van der Waals surface area (Å²) in [5.74, 6) is 0.892. The highest BCUT2D eigenvalue weighted by Crippen LogP contribution is 2.42. The molecular weight excluding hydrogens is 406 g/mol. The first-order valence-electron chi connectivity index (χ1n) is 10.1. The highest BCUT2D eigenvalue weighted by atomic mass is 16.5. The summed E-state index contributed by atoms with van der Waals surface area (Å²) in [6, 6.07) is 21.5. The first kappa shape index (κ1) is 19.7. The lowest BCUT2D eigenvalue weighted by Crippen LogP contribution is -2.21. The first-order valence-corrected chi connectivity index (χ1v) is 10.1. The van der Waals surface area contributed by atoms with E-state index in [-0.39, 0.29) is 11.7 Å². The van der Waals surface area contributed by atoms with Crippen LogP contribution in [0.25, 0.3) is 22.5 Å². The van der Waals surface area contributed by atoms with Crippen LogP contribution in [0, 0.1) is 0 Å². The Morgan fingerprint density at radius 3 is 2.50 bits per heavy atom. The summed E-state index contributed by atoms with van der Waals surface area (Å²) < 4.78 is 12.2. The SMILES string of the molecule is COc1ccc(-c2cc(-c3cccc(OC)c3O)n([C@H]3C(=O)Nc4ccccc43)n2)cc1. The third-order valence-electron chi connectivity index (χ3n) is 5.62. The second-order valence-electron chi connectivity index (χ2n) is 7.42. The molecular formula is C25H21N3O4. The molecule has 0 aliphatic carbocycles. The van der Waals surface area contributed by atoms with Gasteiger partial charge < -0.3 is 19.9 Å². The molecule has 0 unspecified atom stereocenters. The van der Waals surface area contributed by atoms with Crippen molar-refractivity contribution in [3.63, 3.8) is 0 Å². The quantitative estimate of drug-likeness (QED) is 0.490. The number of hydrogen-bond donors (Lipinski definition) is 2. The molecule has 1 aromatic heterocycles. The summed E-state index contributed by atoms with van der Waals surface area (Å²) in [7, 11) is 3.11. The summed E-state index contributed by atoms with van der Waals surface area (Å²) in [5, 5.41) is 18.6. The Balaban J connectivity index is 1.72. The second-order valence-corrected chi connectivity index (χ2v) is 7.42. The largest absolute Gasteiger partial charge is 0.504 e. The average molecular weight is 427 g/mol. The fourth-order valence-corrected chi connectivity index (χ4v) is 4.02. The van der Waals surface area contributed by atoms with E-state index in [1.807, 2.05) is 54.6 Å². The Bertz CT molecular complexity index is 1310. The summed E-state index contributed by atoms with van der Waals surface area (Å²) in [5.41, 5.74) is 4.23. The number of anilines is 1. The normalized spacial score (nSPS) is 14.7. The van der Waals surface area contributed by atoms with Crippen molar-refractivity contribution in [2.75, 3.05) is 19.5 Å². The molecule has 3 aromatic carbocycles. The molecule has 32 heavy (non-hydrogen) atoms. The van der Waals surface area contributed by atoms with E-state index >= 15 is 0 Å². The molecule has 0 fully saturated rings. The number of methoxy groups -OCH3 is 2. The Morgan fingerprint density at radius 2 is 1.75 bits per heavy atom. The third kappa shape index (κ3) is 3.15. The number of carbonyl (C=O) groups is 1. The van der Waals surface area contributed by atoms with E-state index in [2.05, 4.69) is 5.32 Å². The van der Waals surface area contributed by atoms with E-state index in [0.717, 1.165) is 22.6 Å². The third-order valence-corrected chi connectivity index (χ3v) is 5.62. The average Bonchev–Trinajstić information content (AvgIpc) is 3.39. The minimum atomic E-state index is -0.668. The maximum Gasteiger partial charge on any atom is 0.253 e. The number of nitrogens with one attached hydrogen (secondary N) is 1. The van der Waals surface area contributed by atoms with Crippen LogP contribution < -0.4 is 14.8 Å². The highest BCUT2D eigenvalue weighted by Gasteiger charge is 2.35. The Labute approximate surface area is 184 Å². The molecule has 0 saturated heterocycles. The van der Waals surface area contributed by atoms with Crippen LogP contribution in [0.2, 0.25) is 0 Å². The smallest absolute Gasteiger partial charge is 0.253 e. The number of aromatic hydroxyl groups is 1. The summed E-state index contributed by atoms with van der Waals surface area (Å²) in [6.07, 6.45) is 0. The van der Waals surface area contributed by atoms with Gasteiger partial charge in [0.15, 0.2) is 17.5 Å². The number of nitrogens with zero attached hydrogens (tertiary/aromatic N) is 2. The molecule has 2 heterocycles. The number of fused-ring (bicyclic) bond motifs is 1. The van der Waals surface area contributed by atoms with E-state index < -0.39 is 6.04 Å². The number of carbonyl (C=O) groups excluding carboxylic acids is 1. The van der Waals surface area contributed by atoms with Gasteiger partial charge in [-0.2, -0.15) is 5.10 Å². The van der Waals surface area contributed by atoms with Gasteiger partial charge in [-0.3, -0.25) is 4.79 Å². The number of benzene rings is 3. The van der Waals surface area contributed by atoms with Crippen LogP contribution in [0.3, 0.4) is 0 Å². The van der Waals surface area contributed by atoms with Crippen molar-refractivity contribution in [2.24, 2.45) is 0 Å². The van der Waals surface area contributed by atoms with E-state index in [1.54, 1.807) is 30.0 Å². The summed E-state index contributed by atoms with van der Waals surface area (Å²) in [6.45, 7) is 0. The van der Waals surface area contributed by atoms with Gasteiger partial charge in [-0.15, -0.1) is 0 Å². The fraction of sp³-hybridized carbons (Fsp3) is 0.120. The molecule has 7 nitrogen and oxygen atoms in total. The van der Waals surface area contributed by atoms with Gasteiger partial charge in [-0.05, 0) is 48.5 Å². The van der Waals surface area contributed by atoms with Crippen molar-refractivity contribution in [1.29, 1.82) is 0 Å². The van der Waals surface area contributed by atoms with E-state index in [4.69, 9.17) is 14.6 Å². The Morgan fingerprint density at radius 1 is 0.969 bits per heavy atom. The number of hydrogen-bond acceptors (Lipinski definition) is 5. The van der Waals surface area contributed by atoms with Crippen molar-refractivity contribution in [1.82, 2.24) is 9.78 Å². The lowest BCUT2D eigenvalue weighted by Gasteiger charge is -2.15. The molecule has 0 spiro atoms. The molecule has 7 heteroatoms. The molecule has 2 N–H and O–H groups in total. The van der Waals surface area contributed by atoms with Gasteiger partial charge in [-0.25, -0.2) is 4.68 Å². The monoisotopic (exact) mass is 427 g/mol. The van der Waals surface area contributed by atoms with Gasteiger partial charge in [0, 0.05) is 22.4 Å². The van der Waals surface area contributed by atoms with Gasteiger partial charge in [0.05, 0.1) is 25.6 Å². The summed E-state index contributed by atoms with van der Waals surface area (Å²) >= 11 is 0. The summed E-state index contributed by atoms with van der Waals surface area (Å²) in [4.78, 5) is 13.0. The van der Waals surface area contributed by atoms with Gasteiger partial charge in [0.25, 0.3) is 5.91 Å². The van der Waals surface area contributed by atoms with Crippen LogP contribution >= 0.6 is 0 Å². The van der Waals surface area contributed by atoms with Crippen molar-refractivity contribution < 1.29 is 19.4 Å². The van der Waals surface area contributed by atoms with Crippen LogP contribution in [-0.4, -0.2) is 35.0 Å². The maximum absolute atomic E-state index is 13.0. The number of aromatic nitrogens is 2. The molecule has 160 valence electrons. The maximum atomic E-state index is 13.0. The zero-order valence-electron chi connectivity index (χ0n) is 17.6. The number of rotatable bonds is 5. The van der Waals surface area contributed by atoms with Crippen LogP contribution in [0.15, 0.2) is 72.8 Å². The van der Waals surface area contributed by atoms with Crippen LogP contribution in [0.5, 0.6) is 17.2 Å². The van der Waals surface area contributed by atoms with Gasteiger partial charge >= 0.3 is 0 Å². The molecule has 0 bridgehead atoms. The lowest BCUT2D eigenvalue weighted by molar-refractivity contribution is -0.117. The fourth-order valence-electron chi connectivity index (χ4n) is 4.02. The minimum Gasteiger partial charge on any atom is -0.504 e. The molecule has 1 aliphatic heterocycles. The number of ether oxygens (including phenoxy) is 2. The highest BCUT2D eigenvalue weighted by molar-refractivity contribution is 6.03. The number of amides is 1. The second kappa shape index (κ2) is 7.77. The van der Waals surface area contributed by atoms with E-state index in [0.29, 0.717) is 22.7 Å². The Hall–Kier alpha value is -4.26. The van der Waals surface area contributed by atoms with E-state index in [9.17, 15) is 9.90 Å². The molecule has 0 saturated carbocycles. The van der Waals surface area contributed by atoms with Crippen molar-refractivity contribution in [2.45, 2.75) is 6.04 Å². The predicted molar refractivity (Wildman–Crippen MR) is 121 cm³/mol. The topological polar surface area (TPSA) is 85.6 Å².